The van der Waals surface area contributed by atoms with Crippen LogP contribution >= 0.6 is 0 Å². The van der Waals surface area contributed by atoms with Crippen LogP contribution in [-0.2, 0) is 19.1 Å². The van der Waals surface area contributed by atoms with Crippen molar-refractivity contribution in [2.75, 3.05) is 0 Å². The van der Waals surface area contributed by atoms with Crippen LogP contribution in [0.25, 0.3) is 0 Å². The highest BCUT2D eigenvalue weighted by Gasteiger charge is 2.72. The number of rotatable bonds is 8. The summed E-state index contributed by atoms with van der Waals surface area (Å²) >= 11 is 0. The average Bonchev–Trinajstić information content (AvgIpc) is 3.32. The fraction of sp³-hybridized carbons (Fsp3) is 0.921. The lowest BCUT2D eigenvalue weighted by atomic mass is 9.32. The number of hydrogen-bond donors (Lipinski definition) is 1. The van der Waals surface area contributed by atoms with Crippen molar-refractivity contribution in [2.24, 2.45) is 68.5 Å². The van der Waals surface area contributed by atoms with E-state index in [9.17, 15) is 19.5 Å². The van der Waals surface area contributed by atoms with Crippen molar-refractivity contribution in [3.8, 4) is 0 Å². The predicted octanol–water partition coefficient (Wildman–Crippen LogP) is 9.12. The maximum absolute atomic E-state index is 14.2. The van der Waals surface area contributed by atoms with Gasteiger partial charge in [-0.05, 0) is 122 Å². The van der Waals surface area contributed by atoms with Crippen LogP contribution in [0.5, 0.6) is 0 Å². The van der Waals surface area contributed by atoms with Gasteiger partial charge in [0.2, 0.25) is 0 Å². The van der Waals surface area contributed by atoms with Crippen molar-refractivity contribution in [3.05, 3.63) is 0 Å². The number of carboxylic acid groups (broad SMARTS) is 1. The number of hydrogen-bond acceptors (Lipinski definition) is 4. The van der Waals surface area contributed by atoms with E-state index < -0.39 is 11.9 Å². The summed E-state index contributed by atoms with van der Waals surface area (Å²) in [5.41, 5.74) is 0.209. The topological polar surface area (TPSA) is 80.7 Å². The summed E-state index contributed by atoms with van der Waals surface area (Å²) in [4.78, 5) is 38.5. The molecule has 5 aliphatic rings. The molecule has 5 nitrogen and oxygen atoms in total. The first-order valence-corrected chi connectivity index (χ1v) is 17.9. The van der Waals surface area contributed by atoms with E-state index in [2.05, 4.69) is 48.5 Å². The maximum Gasteiger partial charge on any atom is 0.306 e. The Morgan fingerprint density at radius 1 is 0.814 bits per heavy atom. The molecule has 0 aliphatic heterocycles. The van der Waals surface area contributed by atoms with Gasteiger partial charge in [0.05, 0.1) is 5.92 Å². The second kappa shape index (κ2) is 11.1. The van der Waals surface area contributed by atoms with Gasteiger partial charge in [-0.15, -0.1) is 0 Å². The zero-order chi connectivity index (χ0) is 31.8. The Labute approximate surface area is 262 Å². The number of Topliss-reactive ketones (excluding diaryl/α,β-unsaturated/α-hetero) is 1. The molecule has 5 aliphatic carbocycles. The van der Waals surface area contributed by atoms with Crippen LogP contribution in [0, 0.1) is 68.5 Å². The van der Waals surface area contributed by atoms with Crippen molar-refractivity contribution in [2.45, 2.75) is 152 Å². The molecule has 11 atom stereocenters. The molecule has 0 amide bonds. The number of ketones is 1. The molecule has 244 valence electrons. The predicted molar refractivity (Wildman–Crippen MR) is 170 cm³/mol. The first-order valence-electron chi connectivity index (χ1n) is 17.9. The van der Waals surface area contributed by atoms with Crippen molar-refractivity contribution in [1.29, 1.82) is 0 Å². The Morgan fingerprint density at radius 3 is 2.14 bits per heavy atom. The third-order valence-electron chi connectivity index (χ3n) is 15.5. The molecule has 5 saturated carbocycles. The summed E-state index contributed by atoms with van der Waals surface area (Å²) in [5, 5.41) is 9.66. The van der Waals surface area contributed by atoms with Crippen molar-refractivity contribution in [1.82, 2.24) is 0 Å². The average molecular weight is 599 g/mol. The van der Waals surface area contributed by atoms with E-state index in [1.54, 1.807) is 6.92 Å². The Bertz CT molecular complexity index is 1110. The van der Waals surface area contributed by atoms with Gasteiger partial charge in [0.15, 0.2) is 0 Å². The smallest absolute Gasteiger partial charge is 0.306 e. The third-order valence-corrected chi connectivity index (χ3v) is 15.5. The summed E-state index contributed by atoms with van der Waals surface area (Å²) in [7, 11) is 0. The number of carboxylic acids is 1. The zero-order valence-corrected chi connectivity index (χ0v) is 28.9. The number of aliphatic carboxylic acids is 1. The third kappa shape index (κ3) is 4.77. The molecule has 0 aromatic carbocycles. The summed E-state index contributed by atoms with van der Waals surface area (Å²) in [6.07, 6.45) is 12.5. The van der Waals surface area contributed by atoms with E-state index in [0.717, 1.165) is 44.9 Å². The number of carbonyl (C=O) groups excluding carboxylic acids is 2. The first-order chi connectivity index (χ1) is 20.0. The largest absolute Gasteiger partial charge is 0.481 e. The molecule has 4 unspecified atom stereocenters. The molecule has 5 fully saturated rings. The second-order valence-corrected chi connectivity index (χ2v) is 17.8. The number of carbonyl (C=O) groups is 3. The van der Waals surface area contributed by atoms with Gasteiger partial charge in [-0.25, -0.2) is 0 Å². The van der Waals surface area contributed by atoms with Crippen molar-refractivity contribution >= 4 is 17.7 Å². The molecule has 5 rings (SSSR count). The molecule has 0 saturated heterocycles. The fourth-order valence-electron chi connectivity index (χ4n) is 13.0. The molecule has 0 radical (unpaired) electrons. The van der Waals surface area contributed by atoms with Crippen LogP contribution in [0.2, 0.25) is 0 Å². The Morgan fingerprint density at radius 2 is 1.51 bits per heavy atom. The Kier molecular flexibility index (Phi) is 8.55. The molecule has 0 aromatic rings. The van der Waals surface area contributed by atoms with Crippen LogP contribution in [0.4, 0.5) is 0 Å². The molecule has 43 heavy (non-hydrogen) atoms. The van der Waals surface area contributed by atoms with E-state index in [1.807, 2.05) is 6.92 Å². The quantitative estimate of drug-likeness (QED) is 0.282. The molecule has 0 aromatic heterocycles. The minimum Gasteiger partial charge on any atom is -0.481 e. The number of esters is 1. The van der Waals surface area contributed by atoms with Gasteiger partial charge in [0.1, 0.15) is 11.9 Å². The lowest BCUT2D eigenvalue weighted by Crippen LogP contribution is -2.67. The fourth-order valence-corrected chi connectivity index (χ4v) is 13.0. The molecule has 0 bridgehead atoms. The molecule has 0 heterocycles. The van der Waals surface area contributed by atoms with Gasteiger partial charge < -0.3 is 9.84 Å². The summed E-state index contributed by atoms with van der Waals surface area (Å²) in [5.74, 6) is 1.86. The van der Waals surface area contributed by atoms with Crippen LogP contribution in [0.3, 0.4) is 0 Å². The van der Waals surface area contributed by atoms with E-state index in [4.69, 9.17) is 4.74 Å². The highest BCUT2D eigenvalue weighted by Crippen LogP contribution is 2.77. The number of fused-ring (bicyclic) bond motifs is 7. The van der Waals surface area contributed by atoms with Gasteiger partial charge in [0.25, 0.3) is 0 Å². The standard InChI is InChI=1S/C38H62O5/c1-10-11-31(40)43-30-16-17-35(7)27(34(30,5)6)15-18-37(9)28(35)13-12-26-32-25(23(2)3)14-19-38(32,21-20-36(26,37)8)29(39)22-24(4)33(41)42/h23-28,30,32H,10-22H2,1-9H3,(H,41,42)/t24-,25+,26?,27?,28?,30-,32?,35+,36-,37-,38-/m1/s1. The van der Waals surface area contributed by atoms with E-state index in [0.29, 0.717) is 41.9 Å². The molecule has 0 spiro atoms. The first kappa shape index (κ1) is 33.0. The van der Waals surface area contributed by atoms with Gasteiger partial charge in [0, 0.05) is 23.7 Å². The zero-order valence-electron chi connectivity index (χ0n) is 28.9. The molecule has 5 heteroatoms. The SMILES string of the molecule is CCCC(=O)O[C@@H]1CC[C@@]2(C)C(CC[C@]3(C)C2CCC2C4[C@H](C(C)C)CC[C@]4(C(=O)C[C@@H](C)C(=O)O)CC[C@]23C)C1(C)C. The van der Waals surface area contributed by atoms with Crippen LogP contribution in [0.1, 0.15) is 146 Å². The Balaban J connectivity index is 1.47. The summed E-state index contributed by atoms with van der Waals surface area (Å²) in [6.45, 7) is 21.0. The van der Waals surface area contributed by atoms with E-state index in [-0.39, 0.29) is 51.4 Å². The summed E-state index contributed by atoms with van der Waals surface area (Å²) in [6, 6.07) is 0. The van der Waals surface area contributed by atoms with E-state index >= 15 is 0 Å². The van der Waals surface area contributed by atoms with Crippen LogP contribution in [-0.4, -0.2) is 28.9 Å². The van der Waals surface area contributed by atoms with Crippen LogP contribution in [0.15, 0.2) is 0 Å². The minimum absolute atomic E-state index is 0.000647. The van der Waals surface area contributed by atoms with Crippen molar-refractivity contribution < 1.29 is 24.2 Å². The molecule has 1 N–H and O–H groups in total. The van der Waals surface area contributed by atoms with Gasteiger partial charge in [-0.2, -0.15) is 0 Å². The minimum atomic E-state index is -0.851. The van der Waals surface area contributed by atoms with Gasteiger partial charge in [-0.3, -0.25) is 14.4 Å². The van der Waals surface area contributed by atoms with Crippen LogP contribution < -0.4 is 0 Å². The molecular formula is C38H62O5. The number of ether oxygens (including phenoxy) is 1. The normalized spacial score (nSPS) is 45.7. The maximum atomic E-state index is 14.2. The Hall–Kier alpha value is -1.39. The van der Waals surface area contributed by atoms with Gasteiger partial charge in [-0.1, -0.05) is 62.3 Å². The molecular weight excluding hydrogens is 536 g/mol. The van der Waals surface area contributed by atoms with Gasteiger partial charge >= 0.3 is 11.9 Å². The van der Waals surface area contributed by atoms with Crippen molar-refractivity contribution in [3.63, 3.8) is 0 Å². The second-order valence-electron chi connectivity index (χ2n) is 17.8. The monoisotopic (exact) mass is 598 g/mol. The highest BCUT2D eigenvalue weighted by molar-refractivity contribution is 5.89. The lowest BCUT2D eigenvalue weighted by molar-refractivity contribution is -0.250. The highest BCUT2D eigenvalue weighted by atomic mass is 16.5. The summed E-state index contributed by atoms with van der Waals surface area (Å²) < 4.78 is 6.16. The lowest BCUT2D eigenvalue weighted by Gasteiger charge is -2.73. The van der Waals surface area contributed by atoms with E-state index in [1.165, 1.54) is 25.7 Å².